The fourth-order valence-corrected chi connectivity index (χ4v) is 3.72. The van der Waals surface area contributed by atoms with Gasteiger partial charge in [0.1, 0.15) is 17.1 Å². The molecule has 0 saturated carbocycles. The lowest BCUT2D eigenvalue weighted by atomic mass is 10.0. The van der Waals surface area contributed by atoms with Gasteiger partial charge in [0.15, 0.2) is 0 Å². The van der Waals surface area contributed by atoms with Crippen molar-refractivity contribution >= 4 is 41.0 Å². The highest BCUT2D eigenvalue weighted by molar-refractivity contribution is 6.46. The molecule has 0 bridgehead atoms. The van der Waals surface area contributed by atoms with Crippen LogP contribution in [0.3, 0.4) is 0 Å². The third-order valence-corrected chi connectivity index (χ3v) is 5.59. The van der Waals surface area contributed by atoms with Crippen LogP contribution in [0, 0.1) is 0 Å². The summed E-state index contributed by atoms with van der Waals surface area (Å²) in [4.78, 5) is 44.5. The van der Waals surface area contributed by atoms with E-state index in [1.165, 1.54) is 20.3 Å². The van der Waals surface area contributed by atoms with Crippen molar-refractivity contribution in [3.63, 3.8) is 0 Å². The van der Waals surface area contributed by atoms with Gasteiger partial charge in [-0.3, -0.25) is 9.59 Å². The Morgan fingerprint density at radius 1 is 0.714 bits per heavy atom. The smallest absolute Gasteiger partial charge is 0.343 e. The summed E-state index contributed by atoms with van der Waals surface area (Å²) < 4.78 is 10.5. The second-order valence-electron chi connectivity index (χ2n) is 8.01. The molecule has 8 heteroatoms. The largest absolute Gasteiger partial charge is 0.497 e. The Morgan fingerprint density at radius 2 is 1.20 bits per heavy atom. The van der Waals surface area contributed by atoms with Crippen LogP contribution in [0.2, 0.25) is 0 Å². The zero-order chi connectivity index (χ0) is 25.1. The average Bonchev–Trinajstić information content (AvgIpc) is 2.87. The van der Waals surface area contributed by atoms with E-state index >= 15 is 0 Å². The van der Waals surface area contributed by atoms with Gasteiger partial charge in [0, 0.05) is 31.9 Å². The molecule has 0 N–H and O–H groups in total. The first-order chi connectivity index (χ1) is 16.8. The summed E-state index contributed by atoms with van der Waals surface area (Å²) in [6.45, 7) is 0. The van der Waals surface area contributed by atoms with Crippen LogP contribution in [-0.4, -0.2) is 46.2 Å². The van der Waals surface area contributed by atoms with Crippen LogP contribution in [0.1, 0.15) is 5.56 Å². The van der Waals surface area contributed by atoms with Crippen LogP contribution in [0.25, 0.3) is 6.08 Å². The number of imide groups is 2. The summed E-state index contributed by atoms with van der Waals surface area (Å²) in [6.07, 6.45) is 1.50. The number of carbonyl (C=O) groups excluding carboxylic acids is 3. The molecule has 1 aliphatic rings. The van der Waals surface area contributed by atoms with Gasteiger partial charge in [-0.05, 0) is 48.0 Å². The Labute approximate surface area is 203 Å². The summed E-state index contributed by atoms with van der Waals surface area (Å²) in [5.41, 5.74) is 2.05. The quantitative estimate of drug-likeness (QED) is 0.393. The Bertz CT molecular complexity index is 1240. The fraction of sp³-hybridized carbons (Fsp3) is 0.148. The SMILES string of the molecule is COc1cccc(N2C(=O)C(=Cc3ccc(N(C)C)cc3)C(=O)N(c3cccc(OC)c3)C2=O)c1. The maximum atomic E-state index is 13.6. The van der Waals surface area contributed by atoms with Crippen molar-refractivity contribution in [2.75, 3.05) is 43.0 Å². The van der Waals surface area contributed by atoms with Crippen LogP contribution in [0.15, 0.2) is 78.4 Å². The van der Waals surface area contributed by atoms with Crippen molar-refractivity contribution in [1.82, 2.24) is 0 Å². The Morgan fingerprint density at radius 3 is 1.63 bits per heavy atom. The number of barbiturate groups is 1. The molecule has 0 aliphatic carbocycles. The molecule has 4 rings (SSSR count). The minimum atomic E-state index is -0.790. The number of nitrogens with zero attached hydrogens (tertiary/aromatic N) is 3. The van der Waals surface area contributed by atoms with E-state index in [-0.39, 0.29) is 16.9 Å². The third kappa shape index (κ3) is 4.59. The van der Waals surface area contributed by atoms with E-state index in [9.17, 15) is 14.4 Å². The second-order valence-corrected chi connectivity index (χ2v) is 8.01. The number of amides is 4. The van der Waals surface area contributed by atoms with Crippen molar-refractivity contribution in [1.29, 1.82) is 0 Å². The fourth-order valence-electron chi connectivity index (χ4n) is 3.72. The maximum Gasteiger partial charge on any atom is 0.343 e. The van der Waals surface area contributed by atoms with Crippen LogP contribution in [-0.2, 0) is 9.59 Å². The van der Waals surface area contributed by atoms with Crippen LogP contribution >= 0.6 is 0 Å². The monoisotopic (exact) mass is 471 g/mol. The normalized spacial score (nSPS) is 13.7. The summed E-state index contributed by atoms with van der Waals surface area (Å²) >= 11 is 0. The minimum Gasteiger partial charge on any atom is -0.497 e. The molecule has 0 radical (unpaired) electrons. The number of urea groups is 1. The van der Waals surface area contributed by atoms with Crippen molar-refractivity contribution in [3.05, 3.63) is 83.9 Å². The highest BCUT2D eigenvalue weighted by Gasteiger charge is 2.44. The molecule has 1 heterocycles. The molecule has 4 amide bonds. The predicted molar refractivity (Wildman–Crippen MR) is 135 cm³/mol. The van der Waals surface area contributed by atoms with Gasteiger partial charge < -0.3 is 14.4 Å². The average molecular weight is 472 g/mol. The maximum absolute atomic E-state index is 13.6. The van der Waals surface area contributed by atoms with Crippen molar-refractivity contribution in [3.8, 4) is 11.5 Å². The molecule has 8 nitrogen and oxygen atoms in total. The highest BCUT2D eigenvalue weighted by Crippen LogP contribution is 2.32. The number of hydrogen-bond donors (Lipinski definition) is 0. The molecule has 0 spiro atoms. The number of carbonyl (C=O) groups is 3. The second kappa shape index (κ2) is 9.72. The summed E-state index contributed by atoms with van der Waals surface area (Å²) in [5, 5.41) is 0. The zero-order valence-electron chi connectivity index (χ0n) is 19.9. The van der Waals surface area contributed by atoms with Crippen molar-refractivity contribution in [2.45, 2.75) is 0 Å². The first kappa shape index (κ1) is 23.6. The Hall–Kier alpha value is -4.59. The predicted octanol–water partition coefficient (Wildman–Crippen LogP) is 4.35. The van der Waals surface area contributed by atoms with Gasteiger partial charge in [-0.1, -0.05) is 24.3 Å². The van der Waals surface area contributed by atoms with Crippen molar-refractivity contribution in [2.24, 2.45) is 0 Å². The lowest BCUT2D eigenvalue weighted by Crippen LogP contribution is -2.57. The molecule has 3 aromatic carbocycles. The number of anilines is 3. The molecule has 35 heavy (non-hydrogen) atoms. The van der Waals surface area contributed by atoms with E-state index in [2.05, 4.69) is 0 Å². The van der Waals surface area contributed by atoms with Crippen LogP contribution < -0.4 is 24.2 Å². The van der Waals surface area contributed by atoms with Crippen molar-refractivity contribution < 1.29 is 23.9 Å². The molecular weight excluding hydrogens is 446 g/mol. The van der Waals surface area contributed by atoms with Crippen LogP contribution in [0.5, 0.6) is 11.5 Å². The van der Waals surface area contributed by atoms with E-state index in [4.69, 9.17) is 9.47 Å². The van der Waals surface area contributed by atoms with E-state index < -0.39 is 17.8 Å². The van der Waals surface area contributed by atoms with Gasteiger partial charge in [-0.15, -0.1) is 0 Å². The minimum absolute atomic E-state index is 0.146. The molecule has 178 valence electrons. The number of methoxy groups -OCH3 is 2. The van der Waals surface area contributed by atoms with E-state index in [1.54, 1.807) is 48.5 Å². The molecule has 3 aromatic rings. The lowest BCUT2D eigenvalue weighted by Gasteiger charge is -2.34. The molecular formula is C27H25N3O5. The molecule has 1 aliphatic heterocycles. The van der Waals surface area contributed by atoms with E-state index in [0.29, 0.717) is 17.1 Å². The molecule has 1 fully saturated rings. The first-order valence-corrected chi connectivity index (χ1v) is 10.8. The summed E-state index contributed by atoms with van der Waals surface area (Å²) in [6, 6.07) is 19.7. The molecule has 0 unspecified atom stereocenters. The van der Waals surface area contributed by atoms with Gasteiger partial charge in [0.25, 0.3) is 11.8 Å². The number of ether oxygens (including phenoxy) is 2. The first-order valence-electron chi connectivity index (χ1n) is 10.8. The summed E-state index contributed by atoms with van der Waals surface area (Å²) in [7, 11) is 6.83. The van der Waals surface area contributed by atoms with E-state index in [0.717, 1.165) is 15.5 Å². The third-order valence-electron chi connectivity index (χ3n) is 5.59. The van der Waals surface area contributed by atoms with E-state index in [1.807, 2.05) is 43.3 Å². The number of hydrogen-bond acceptors (Lipinski definition) is 6. The number of benzene rings is 3. The van der Waals surface area contributed by atoms with Gasteiger partial charge in [0.2, 0.25) is 0 Å². The number of rotatable bonds is 6. The molecule has 0 atom stereocenters. The van der Waals surface area contributed by atoms with Gasteiger partial charge in [-0.25, -0.2) is 14.6 Å². The molecule has 1 saturated heterocycles. The molecule has 0 aromatic heterocycles. The lowest BCUT2D eigenvalue weighted by molar-refractivity contribution is -0.121. The van der Waals surface area contributed by atoms with Gasteiger partial charge >= 0.3 is 6.03 Å². The van der Waals surface area contributed by atoms with Gasteiger partial charge in [-0.2, -0.15) is 0 Å². The summed E-state index contributed by atoms with van der Waals surface area (Å²) in [5.74, 6) is -0.497. The van der Waals surface area contributed by atoms with Crippen LogP contribution in [0.4, 0.5) is 21.9 Å². The Balaban J connectivity index is 1.85. The topological polar surface area (TPSA) is 79.4 Å². The standard InChI is InChI=1S/C27H25N3O5/c1-28(2)19-13-11-18(12-14-19)15-24-25(31)29(20-7-5-9-22(16-20)34-3)27(33)30(26(24)32)21-8-6-10-23(17-21)35-4/h5-17H,1-4H3. The zero-order valence-corrected chi connectivity index (χ0v) is 19.9. The van der Waals surface area contributed by atoms with Gasteiger partial charge in [0.05, 0.1) is 25.6 Å². The highest BCUT2D eigenvalue weighted by atomic mass is 16.5. The Kier molecular flexibility index (Phi) is 6.55.